The average Bonchev–Trinajstić information content (AvgIpc) is 2.75. The summed E-state index contributed by atoms with van der Waals surface area (Å²) in [5, 5.41) is 12.9. The Kier molecular flexibility index (Phi) is 3.15. The van der Waals surface area contributed by atoms with Gasteiger partial charge >= 0.3 is 0 Å². The summed E-state index contributed by atoms with van der Waals surface area (Å²) in [6.07, 6.45) is 2.31. The molecule has 0 aliphatic carbocycles. The van der Waals surface area contributed by atoms with Gasteiger partial charge in [-0.2, -0.15) is 0 Å². The number of aliphatic hydroxyl groups is 1. The van der Waals surface area contributed by atoms with E-state index in [1.54, 1.807) is 11.3 Å². The minimum atomic E-state index is -0.386. The number of hydrogen-bond acceptors (Lipinski definition) is 4. The van der Waals surface area contributed by atoms with Crippen LogP contribution in [0.4, 0.5) is 0 Å². The first-order valence-corrected chi connectivity index (χ1v) is 5.84. The monoisotopic (exact) mass is 213 g/mol. The molecule has 1 aliphatic heterocycles. The Bertz CT molecular complexity index is 294. The van der Waals surface area contributed by atoms with E-state index in [1.807, 2.05) is 12.3 Å². The maximum absolute atomic E-state index is 9.85. The summed E-state index contributed by atoms with van der Waals surface area (Å²) < 4.78 is 5.42. The number of aromatic nitrogens is 1. The van der Waals surface area contributed by atoms with Crippen LogP contribution in [0.25, 0.3) is 0 Å². The third-order valence-corrected chi connectivity index (χ3v) is 3.43. The van der Waals surface area contributed by atoms with Crippen LogP contribution in [0.5, 0.6) is 0 Å². The topological polar surface area (TPSA) is 42.4 Å². The van der Waals surface area contributed by atoms with Gasteiger partial charge in [-0.25, -0.2) is 4.98 Å². The third-order valence-electron chi connectivity index (χ3n) is 2.44. The van der Waals surface area contributed by atoms with Crippen molar-refractivity contribution in [3.05, 3.63) is 16.1 Å². The number of aliphatic hydroxyl groups excluding tert-OH is 1. The zero-order valence-electron chi connectivity index (χ0n) is 8.27. The highest BCUT2D eigenvalue weighted by Crippen LogP contribution is 2.19. The van der Waals surface area contributed by atoms with Crippen LogP contribution in [0.3, 0.4) is 0 Å². The second-order valence-corrected chi connectivity index (χ2v) is 4.65. The molecule has 4 heteroatoms. The number of hydrogen-bond donors (Lipinski definition) is 1. The Morgan fingerprint density at radius 2 is 2.64 bits per heavy atom. The van der Waals surface area contributed by atoms with Gasteiger partial charge in [0.25, 0.3) is 0 Å². The van der Waals surface area contributed by atoms with E-state index in [-0.39, 0.29) is 12.2 Å². The summed E-state index contributed by atoms with van der Waals surface area (Å²) in [4.78, 5) is 4.33. The molecule has 1 saturated heterocycles. The van der Waals surface area contributed by atoms with Crippen molar-refractivity contribution < 1.29 is 9.84 Å². The van der Waals surface area contributed by atoms with Crippen molar-refractivity contribution in [2.24, 2.45) is 0 Å². The molecule has 2 atom stereocenters. The second kappa shape index (κ2) is 4.38. The first kappa shape index (κ1) is 10.1. The van der Waals surface area contributed by atoms with Crippen molar-refractivity contribution >= 4 is 11.3 Å². The molecule has 2 unspecified atom stereocenters. The molecular weight excluding hydrogens is 198 g/mol. The molecule has 14 heavy (non-hydrogen) atoms. The van der Waals surface area contributed by atoms with E-state index in [0.29, 0.717) is 6.42 Å². The second-order valence-electron chi connectivity index (χ2n) is 3.71. The maximum atomic E-state index is 9.85. The highest BCUT2D eigenvalue weighted by atomic mass is 32.1. The van der Waals surface area contributed by atoms with Crippen molar-refractivity contribution in [3.8, 4) is 0 Å². The largest absolute Gasteiger partial charge is 0.390 e. The van der Waals surface area contributed by atoms with Crippen LogP contribution < -0.4 is 0 Å². The molecule has 2 rings (SSSR count). The molecular formula is C10H15NO2S. The average molecular weight is 213 g/mol. The van der Waals surface area contributed by atoms with E-state index >= 15 is 0 Å². The molecule has 0 radical (unpaired) electrons. The lowest BCUT2D eigenvalue weighted by Crippen LogP contribution is -2.27. The van der Waals surface area contributed by atoms with Crippen molar-refractivity contribution in [1.82, 2.24) is 4.98 Å². The Balaban J connectivity index is 1.90. The first-order valence-electron chi connectivity index (χ1n) is 4.96. The first-order chi connectivity index (χ1) is 6.75. The molecule has 0 aromatic carbocycles. The lowest BCUT2D eigenvalue weighted by atomic mass is 10.1. The summed E-state index contributed by atoms with van der Waals surface area (Å²) in [6.45, 7) is 2.76. The standard InChI is InChI=1S/C10H15NO2S/c1-7-6-14-10(11-7)5-8(12)9-3-2-4-13-9/h6,8-9,12H,2-5H2,1H3. The van der Waals surface area contributed by atoms with Crippen molar-refractivity contribution in [2.45, 2.75) is 38.4 Å². The van der Waals surface area contributed by atoms with Crippen LogP contribution in [0.1, 0.15) is 23.5 Å². The SMILES string of the molecule is Cc1csc(CC(O)C2CCCO2)n1. The smallest absolute Gasteiger partial charge is 0.0954 e. The molecule has 0 spiro atoms. The van der Waals surface area contributed by atoms with Crippen molar-refractivity contribution in [2.75, 3.05) is 6.61 Å². The van der Waals surface area contributed by atoms with E-state index in [2.05, 4.69) is 4.98 Å². The Morgan fingerprint density at radius 3 is 3.21 bits per heavy atom. The van der Waals surface area contributed by atoms with Crippen LogP contribution in [-0.2, 0) is 11.2 Å². The van der Waals surface area contributed by atoms with Crippen LogP contribution in [0.2, 0.25) is 0 Å². The van der Waals surface area contributed by atoms with Gasteiger partial charge in [0.15, 0.2) is 0 Å². The number of ether oxygens (including phenoxy) is 1. The third kappa shape index (κ3) is 2.32. The highest BCUT2D eigenvalue weighted by Gasteiger charge is 2.24. The van der Waals surface area contributed by atoms with Crippen molar-refractivity contribution in [1.29, 1.82) is 0 Å². The molecule has 78 valence electrons. The van der Waals surface area contributed by atoms with Gasteiger partial charge in [0.1, 0.15) is 0 Å². The zero-order chi connectivity index (χ0) is 9.97. The molecule has 1 aromatic heterocycles. The maximum Gasteiger partial charge on any atom is 0.0954 e. The summed E-state index contributed by atoms with van der Waals surface area (Å²) in [6, 6.07) is 0. The van der Waals surface area contributed by atoms with Gasteiger partial charge < -0.3 is 9.84 Å². The zero-order valence-corrected chi connectivity index (χ0v) is 9.09. The number of nitrogens with zero attached hydrogens (tertiary/aromatic N) is 1. The number of aryl methyl sites for hydroxylation is 1. The van der Waals surface area contributed by atoms with Crippen LogP contribution in [0.15, 0.2) is 5.38 Å². The van der Waals surface area contributed by atoms with Crippen molar-refractivity contribution in [3.63, 3.8) is 0 Å². The lowest BCUT2D eigenvalue weighted by Gasteiger charge is -2.15. The quantitative estimate of drug-likeness (QED) is 0.828. The van der Waals surface area contributed by atoms with Gasteiger partial charge in [-0.15, -0.1) is 11.3 Å². The molecule has 1 N–H and O–H groups in total. The van der Waals surface area contributed by atoms with Gasteiger partial charge in [-0.3, -0.25) is 0 Å². The van der Waals surface area contributed by atoms with Crippen LogP contribution >= 0.6 is 11.3 Å². The Hall–Kier alpha value is -0.450. The summed E-state index contributed by atoms with van der Waals surface area (Å²) in [7, 11) is 0. The minimum Gasteiger partial charge on any atom is -0.390 e. The Labute approximate surface area is 87.7 Å². The predicted octanol–water partition coefficient (Wildman–Crippen LogP) is 1.53. The molecule has 1 fully saturated rings. The molecule has 2 heterocycles. The molecule has 0 bridgehead atoms. The number of thiazole rings is 1. The molecule has 0 saturated carbocycles. The van der Waals surface area contributed by atoms with Crippen LogP contribution in [-0.4, -0.2) is 28.9 Å². The van der Waals surface area contributed by atoms with Gasteiger partial charge in [0, 0.05) is 24.1 Å². The normalized spacial score (nSPS) is 24.0. The van der Waals surface area contributed by atoms with Gasteiger partial charge in [0.05, 0.1) is 17.2 Å². The van der Waals surface area contributed by atoms with E-state index in [1.165, 1.54) is 0 Å². The molecule has 1 aromatic rings. The molecule has 1 aliphatic rings. The highest BCUT2D eigenvalue weighted by molar-refractivity contribution is 7.09. The Morgan fingerprint density at radius 1 is 1.79 bits per heavy atom. The van der Waals surface area contributed by atoms with E-state index in [0.717, 1.165) is 30.2 Å². The summed E-state index contributed by atoms with van der Waals surface area (Å²) in [5.41, 5.74) is 1.03. The van der Waals surface area contributed by atoms with Gasteiger partial charge in [0.2, 0.25) is 0 Å². The van der Waals surface area contributed by atoms with E-state index < -0.39 is 0 Å². The summed E-state index contributed by atoms with van der Waals surface area (Å²) in [5.74, 6) is 0. The fourth-order valence-corrected chi connectivity index (χ4v) is 2.54. The fourth-order valence-electron chi connectivity index (χ4n) is 1.71. The predicted molar refractivity (Wildman–Crippen MR) is 55.5 cm³/mol. The fraction of sp³-hybridized carbons (Fsp3) is 0.700. The van der Waals surface area contributed by atoms with E-state index in [9.17, 15) is 5.11 Å². The number of rotatable bonds is 3. The van der Waals surface area contributed by atoms with E-state index in [4.69, 9.17) is 4.74 Å². The van der Waals surface area contributed by atoms with Gasteiger partial charge in [-0.05, 0) is 19.8 Å². The van der Waals surface area contributed by atoms with Crippen LogP contribution in [0, 0.1) is 6.92 Å². The van der Waals surface area contributed by atoms with Gasteiger partial charge in [-0.1, -0.05) is 0 Å². The lowest BCUT2D eigenvalue weighted by molar-refractivity contribution is -0.000799. The molecule has 0 amide bonds. The summed E-state index contributed by atoms with van der Waals surface area (Å²) >= 11 is 1.61. The molecule has 3 nitrogen and oxygen atoms in total. The minimum absolute atomic E-state index is 0.0270.